The van der Waals surface area contributed by atoms with Crippen LogP contribution in [0.2, 0.25) is 0 Å². The van der Waals surface area contributed by atoms with Gasteiger partial charge in [-0.15, -0.1) is 0 Å². The number of nitrogens with two attached hydrogens (primary N) is 1. The number of halogens is 1. The number of primary amides is 1. The van der Waals surface area contributed by atoms with Crippen LogP contribution in [0.25, 0.3) is 22.6 Å². The molecule has 3 heterocycles. The van der Waals surface area contributed by atoms with Gasteiger partial charge in [0.1, 0.15) is 11.3 Å². The molecule has 0 aliphatic heterocycles. The summed E-state index contributed by atoms with van der Waals surface area (Å²) in [5.74, 6) is 0.741. The Kier molecular flexibility index (Phi) is 3.61. The fourth-order valence-electron chi connectivity index (χ4n) is 4.33. The van der Waals surface area contributed by atoms with Crippen LogP contribution in [0.5, 0.6) is 0 Å². The van der Waals surface area contributed by atoms with E-state index in [1.54, 1.807) is 17.1 Å². The third-order valence-electron chi connectivity index (χ3n) is 5.55. The monoisotopic (exact) mass is 427 g/mol. The van der Waals surface area contributed by atoms with E-state index in [4.69, 9.17) is 5.73 Å². The lowest BCUT2D eigenvalue weighted by molar-refractivity contribution is -0.122. The van der Waals surface area contributed by atoms with Gasteiger partial charge in [-0.1, -0.05) is 12.2 Å². The molecule has 1 saturated carbocycles. The van der Waals surface area contributed by atoms with Crippen molar-refractivity contribution in [2.45, 2.75) is 12.5 Å². The topological polar surface area (TPSA) is 115 Å². The highest BCUT2D eigenvalue weighted by Crippen LogP contribution is 2.46. The number of aryl methyl sites for hydroxylation is 1. The van der Waals surface area contributed by atoms with Crippen molar-refractivity contribution in [2.24, 2.45) is 30.5 Å². The number of pyridine rings is 1. The minimum atomic E-state index is -0.258. The largest absolute Gasteiger partial charge is 0.378 e. The molecule has 9 heteroatoms. The Balaban J connectivity index is 1.56. The average molecular weight is 428 g/mol. The van der Waals surface area contributed by atoms with E-state index in [0.29, 0.717) is 17.4 Å². The number of H-pyrrole nitrogens is 1. The van der Waals surface area contributed by atoms with E-state index in [1.165, 1.54) is 0 Å². The molecule has 0 radical (unpaired) electrons. The molecule has 5 rings (SSSR count). The van der Waals surface area contributed by atoms with Crippen LogP contribution in [-0.4, -0.2) is 36.7 Å². The van der Waals surface area contributed by atoms with Crippen LogP contribution < -0.4 is 11.1 Å². The van der Waals surface area contributed by atoms with Crippen LogP contribution in [0.3, 0.4) is 0 Å². The second-order valence-electron chi connectivity index (χ2n) is 7.21. The van der Waals surface area contributed by atoms with Gasteiger partial charge in [-0.2, -0.15) is 5.10 Å². The first-order valence-electron chi connectivity index (χ1n) is 8.78. The Morgan fingerprint density at radius 2 is 2.19 bits per heavy atom. The first kappa shape index (κ1) is 16.5. The van der Waals surface area contributed by atoms with Gasteiger partial charge in [0.25, 0.3) is 0 Å². The van der Waals surface area contributed by atoms with Crippen LogP contribution in [-0.2, 0) is 11.8 Å². The molecule has 4 atom stereocenters. The molecule has 0 spiro atoms. The Morgan fingerprint density at radius 3 is 2.93 bits per heavy atom. The molecule has 2 bridgehead atoms. The highest BCUT2D eigenvalue weighted by atomic mass is 79.9. The molecule has 0 aromatic carbocycles. The lowest BCUT2D eigenvalue weighted by atomic mass is 9.88. The van der Waals surface area contributed by atoms with Crippen LogP contribution in [0, 0.1) is 17.8 Å². The maximum atomic E-state index is 12.0. The summed E-state index contributed by atoms with van der Waals surface area (Å²) in [5, 5.41) is 7.75. The Morgan fingerprint density at radius 1 is 1.37 bits per heavy atom. The average Bonchev–Trinajstić information content (AvgIpc) is 3.39. The molecular formula is C18H18BrN7O. The zero-order valence-electron chi connectivity index (χ0n) is 14.6. The predicted molar refractivity (Wildman–Crippen MR) is 105 cm³/mol. The number of hydrogen-bond acceptors (Lipinski definition) is 5. The van der Waals surface area contributed by atoms with Crippen LogP contribution >= 0.6 is 15.9 Å². The van der Waals surface area contributed by atoms with Crippen molar-refractivity contribution in [3.63, 3.8) is 0 Å². The van der Waals surface area contributed by atoms with Gasteiger partial charge in [0, 0.05) is 25.5 Å². The molecule has 4 unspecified atom stereocenters. The smallest absolute Gasteiger partial charge is 0.223 e. The number of hydrogen-bond donors (Lipinski definition) is 3. The lowest BCUT2D eigenvalue weighted by Crippen LogP contribution is -2.41. The number of amides is 1. The summed E-state index contributed by atoms with van der Waals surface area (Å²) in [6.07, 6.45) is 10.6. The van der Waals surface area contributed by atoms with E-state index in [-0.39, 0.29) is 23.8 Å². The number of carbonyl (C=O) groups is 1. The maximum absolute atomic E-state index is 12.0. The highest BCUT2D eigenvalue weighted by Gasteiger charge is 2.47. The first-order chi connectivity index (χ1) is 13.0. The molecule has 2 aliphatic carbocycles. The fourth-order valence-corrected chi connectivity index (χ4v) is 4.74. The zero-order valence-corrected chi connectivity index (χ0v) is 16.1. The third kappa shape index (κ3) is 2.56. The molecular weight excluding hydrogens is 410 g/mol. The SMILES string of the molecule is Cn1cc(-c2nc3ncc(Br)c(NC4C5C=CC(C5)C4C(N)=O)c3[nH]2)cn1. The van der Waals surface area contributed by atoms with Crippen molar-refractivity contribution in [3.05, 3.63) is 35.2 Å². The van der Waals surface area contributed by atoms with E-state index in [2.05, 4.69) is 53.4 Å². The number of nitrogens with one attached hydrogen (secondary N) is 2. The quantitative estimate of drug-likeness (QED) is 0.552. The summed E-state index contributed by atoms with van der Waals surface area (Å²) in [6.45, 7) is 0. The number of carbonyl (C=O) groups excluding carboxylic acids is 1. The van der Waals surface area contributed by atoms with Gasteiger partial charge >= 0.3 is 0 Å². The molecule has 1 fully saturated rings. The number of imidazole rings is 1. The van der Waals surface area contributed by atoms with Crippen LogP contribution in [0.4, 0.5) is 5.69 Å². The summed E-state index contributed by atoms with van der Waals surface area (Å²) in [4.78, 5) is 24.4. The maximum Gasteiger partial charge on any atom is 0.223 e. The minimum Gasteiger partial charge on any atom is -0.378 e. The summed E-state index contributed by atoms with van der Waals surface area (Å²) < 4.78 is 2.54. The summed E-state index contributed by atoms with van der Waals surface area (Å²) >= 11 is 3.58. The van der Waals surface area contributed by atoms with Crippen LogP contribution in [0.1, 0.15) is 6.42 Å². The molecule has 8 nitrogen and oxygen atoms in total. The van der Waals surface area contributed by atoms with E-state index in [9.17, 15) is 4.79 Å². The van der Waals surface area contributed by atoms with Crippen molar-refractivity contribution in [1.82, 2.24) is 24.7 Å². The first-order valence-corrected chi connectivity index (χ1v) is 9.58. The Hall–Kier alpha value is -2.68. The second-order valence-corrected chi connectivity index (χ2v) is 8.07. The Labute approximate surface area is 163 Å². The van der Waals surface area contributed by atoms with Crippen molar-refractivity contribution in [3.8, 4) is 11.4 Å². The molecule has 4 N–H and O–H groups in total. The normalized spacial score (nSPS) is 26.1. The summed E-state index contributed by atoms with van der Waals surface area (Å²) in [5.41, 5.74) is 8.82. The molecule has 138 valence electrons. The number of aromatic amines is 1. The predicted octanol–water partition coefficient (Wildman–Crippen LogP) is 2.21. The van der Waals surface area contributed by atoms with Gasteiger partial charge in [0.15, 0.2) is 5.65 Å². The number of allylic oxidation sites excluding steroid dienone is 1. The molecule has 3 aromatic heterocycles. The van der Waals surface area contributed by atoms with Gasteiger partial charge in [-0.25, -0.2) is 9.97 Å². The number of fused-ring (bicyclic) bond motifs is 3. The van der Waals surface area contributed by atoms with E-state index >= 15 is 0 Å². The van der Waals surface area contributed by atoms with Gasteiger partial charge < -0.3 is 16.0 Å². The molecule has 2 aliphatic rings. The molecule has 27 heavy (non-hydrogen) atoms. The van der Waals surface area contributed by atoms with E-state index in [1.807, 2.05) is 13.2 Å². The number of anilines is 1. The number of nitrogens with zero attached hydrogens (tertiary/aromatic N) is 4. The molecule has 1 amide bonds. The molecule has 3 aromatic rings. The van der Waals surface area contributed by atoms with Crippen molar-refractivity contribution in [2.75, 3.05) is 5.32 Å². The number of rotatable bonds is 4. The van der Waals surface area contributed by atoms with E-state index in [0.717, 1.165) is 27.7 Å². The van der Waals surface area contributed by atoms with Gasteiger partial charge in [-0.05, 0) is 34.2 Å². The van der Waals surface area contributed by atoms with Crippen molar-refractivity contribution in [1.29, 1.82) is 0 Å². The summed E-state index contributed by atoms with van der Waals surface area (Å²) in [7, 11) is 1.86. The summed E-state index contributed by atoms with van der Waals surface area (Å²) in [6, 6.07) is -0.0375. The standard InChI is InChI=1S/C18H18BrN7O/c1-26-7-10(5-22-26)17-24-15-14(11(19)6-21-18(15)25-17)23-13-9-3-2-8(4-9)12(13)16(20)27/h2-3,5-9,12-13H,4H2,1H3,(H2,20,27)(H2,21,23,24,25). The molecule has 0 saturated heterocycles. The zero-order chi connectivity index (χ0) is 18.7. The van der Waals surface area contributed by atoms with E-state index < -0.39 is 0 Å². The minimum absolute atomic E-state index is 0.0375. The Bertz CT molecular complexity index is 1080. The van der Waals surface area contributed by atoms with Gasteiger partial charge in [-0.3, -0.25) is 9.48 Å². The van der Waals surface area contributed by atoms with Crippen molar-refractivity contribution >= 4 is 38.7 Å². The third-order valence-corrected chi connectivity index (χ3v) is 6.15. The van der Waals surface area contributed by atoms with Crippen molar-refractivity contribution < 1.29 is 4.79 Å². The highest BCUT2D eigenvalue weighted by molar-refractivity contribution is 9.10. The van der Waals surface area contributed by atoms with Crippen LogP contribution in [0.15, 0.2) is 35.2 Å². The fraction of sp³-hybridized carbons (Fsp3) is 0.333. The second kappa shape index (κ2) is 5.91. The number of aromatic nitrogens is 5. The van der Waals surface area contributed by atoms with Gasteiger partial charge in [0.2, 0.25) is 5.91 Å². The van der Waals surface area contributed by atoms with Gasteiger partial charge in [0.05, 0.1) is 27.8 Å². The lowest BCUT2D eigenvalue weighted by Gasteiger charge is -2.28.